The van der Waals surface area contributed by atoms with E-state index in [1.807, 2.05) is 24.3 Å². The average Bonchev–Trinajstić information content (AvgIpc) is 1.59. The maximum absolute atomic E-state index is 12.4. The summed E-state index contributed by atoms with van der Waals surface area (Å²) in [5, 5.41) is 26.3. The van der Waals surface area contributed by atoms with Crippen LogP contribution in [-0.4, -0.2) is 44.5 Å². The zero-order valence-electron chi connectivity index (χ0n) is 56.2. The lowest BCUT2D eigenvalue weighted by Crippen LogP contribution is -2.36. The van der Waals surface area contributed by atoms with Crippen LogP contribution in [0.3, 0.4) is 0 Å². The van der Waals surface area contributed by atoms with Gasteiger partial charge in [-0.2, -0.15) is 9.15 Å². The fraction of sp³-hybridized carbons (Fsp3) is 0.256. The number of hydrogen-bond donors (Lipinski definition) is 0. The topological polar surface area (TPSA) is 98.8 Å². The van der Waals surface area contributed by atoms with E-state index in [4.69, 9.17) is 23.2 Å². The molecule has 0 atom stereocenters. The Balaban J connectivity index is 0.842. The third-order valence-corrected chi connectivity index (χ3v) is 24.2. The van der Waals surface area contributed by atoms with Crippen molar-refractivity contribution in [2.75, 3.05) is 23.9 Å². The molecule has 2 spiro atoms. The van der Waals surface area contributed by atoms with Crippen LogP contribution in [0.15, 0.2) is 263 Å². The van der Waals surface area contributed by atoms with Crippen LogP contribution < -0.4 is 9.80 Å². The summed E-state index contributed by atoms with van der Waals surface area (Å²) in [4.78, 5) is 29.4. The van der Waals surface area contributed by atoms with Gasteiger partial charge in [-0.1, -0.05) is 219 Å². The van der Waals surface area contributed by atoms with Crippen molar-refractivity contribution >= 4 is 101 Å². The van der Waals surface area contributed by atoms with Crippen LogP contribution in [-0.2, 0) is 60.4 Å². The number of nitrogens with zero attached hydrogens (tertiary/aromatic N) is 6. The number of fused-ring (bicyclic) bond motifs is 6. The Kier molecular flexibility index (Phi) is 18.5. The first kappa shape index (κ1) is 67.1. The third-order valence-electron chi connectivity index (χ3n) is 22.5. The number of hydrogen-bond acceptors (Lipinski definition) is 6. The molecular formula is C86H78Br2Cl2N6O4+2. The Labute approximate surface area is 612 Å². The van der Waals surface area contributed by atoms with E-state index in [9.17, 15) is 20.2 Å². The summed E-state index contributed by atoms with van der Waals surface area (Å²) < 4.78 is 5.99. The van der Waals surface area contributed by atoms with Gasteiger partial charge in [0.25, 0.3) is 11.4 Å². The van der Waals surface area contributed by atoms with Crippen molar-refractivity contribution in [1.29, 1.82) is 0 Å². The van der Waals surface area contributed by atoms with Gasteiger partial charge >= 0.3 is 0 Å². The predicted octanol–water partition coefficient (Wildman–Crippen LogP) is 22.0. The Bertz CT molecular complexity index is 4490. The van der Waals surface area contributed by atoms with Crippen LogP contribution in [0.4, 0.5) is 34.1 Å². The minimum absolute atomic E-state index is 0.102. The van der Waals surface area contributed by atoms with Crippen molar-refractivity contribution in [3.63, 3.8) is 0 Å². The quantitative estimate of drug-likeness (QED) is 0.0482. The summed E-state index contributed by atoms with van der Waals surface area (Å²) >= 11 is 22.0. The van der Waals surface area contributed by atoms with Gasteiger partial charge < -0.3 is 9.80 Å². The lowest BCUT2D eigenvalue weighted by molar-refractivity contribution is -0.403. The van der Waals surface area contributed by atoms with E-state index >= 15 is 0 Å². The Hall–Kier alpha value is -8.78. The summed E-state index contributed by atoms with van der Waals surface area (Å²) in [6.45, 7) is 1.15. The number of benzene rings is 9. The zero-order valence-corrected chi connectivity index (χ0v) is 60.9. The van der Waals surface area contributed by atoms with E-state index in [1.165, 1.54) is 33.4 Å². The van der Waals surface area contributed by atoms with Crippen molar-refractivity contribution in [3.05, 3.63) is 349 Å². The molecule has 0 bridgehead atoms. The van der Waals surface area contributed by atoms with Gasteiger partial charge in [0.1, 0.15) is 14.1 Å². The molecule has 0 amide bonds. The Morgan fingerprint density at radius 1 is 0.430 bits per heavy atom. The Morgan fingerprint density at radius 2 is 0.760 bits per heavy atom. The molecule has 502 valence electrons. The molecule has 0 aromatic heterocycles. The van der Waals surface area contributed by atoms with E-state index in [2.05, 4.69) is 271 Å². The van der Waals surface area contributed by atoms with Crippen molar-refractivity contribution in [1.82, 2.24) is 0 Å². The first-order valence-electron chi connectivity index (χ1n) is 34.9. The van der Waals surface area contributed by atoms with Crippen molar-refractivity contribution < 1.29 is 19.0 Å². The standard InChI is InChI=1S/C86H78Br2Cl2N6O4/c1-91-77(83(43-17-7-18-44-83)71-49-67(95(97)98)51-73(87)81(71)91)31-21-33-79-85(53-59-23-9-3-10-24-59,54-60-25-11-4-12-26-60)69-47-65(89)39-41-75(69)93(79)57-63-35-37-64(38-36-63)58-94-76-42-40-66(90)48-70(76)86(55-61-27-13-5-14-28-61,56-62-29-15-6-16-30-62)80(94)34-22-32-78-84(45-19-8-20-46-84)72-50-68(96(99)100)52-74(88)82(72)92(78)2/h3-6,9-16,21-42,47-52H,7-8,17-20,43-46,53-58H2,1-2H3/q+2. The second kappa shape index (κ2) is 27.6. The second-order valence-electron chi connectivity index (χ2n) is 28.3. The summed E-state index contributed by atoms with van der Waals surface area (Å²) in [5.41, 5.74) is 18.7. The minimum atomic E-state index is -0.575. The molecule has 0 N–H and O–H groups in total. The fourth-order valence-corrected chi connectivity index (χ4v) is 20.0. The molecule has 6 aliphatic rings. The molecule has 0 unspecified atom stereocenters. The highest BCUT2D eigenvalue weighted by atomic mass is 79.9. The van der Waals surface area contributed by atoms with Crippen LogP contribution in [0.25, 0.3) is 0 Å². The molecule has 0 radical (unpaired) electrons. The number of rotatable bonds is 18. The van der Waals surface area contributed by atoms with Crippen LogP contribution in [0, 0.1) is 20.2 Å². The SMILES string of the molecule is C[N+]1=C(/C=C/C=C2/N(Cc3ccc(CN4/C(=C/C=C/C5=[N+](C)c6c(Br)cc([N+](=O)[O-])cc6C56CCCCC6)C(Cc5ccccc5)(Cc5ccccc5)c5cc(Cl)ccc54)cc3)c3ccc(Cl)cc3C2(Cc2ccccc2)Cc2ccccc2)C2(CCCCC2)c2cc([N+](=O)[O-])cc(Br)c21. The monoisotopic (exact) mass is 1490 g/mol. The number of nitro benzene ring substituents is 2. The van der Waals surface area contributed by atoms with Crippen LogP contribution >= 0.6 is 55.1 Å². The van der Waals surface area contributed by atoms with Gasteiger partial charge in [0, 0.05) is 104 Å². The molecule has 9 aromatic rings. The van der Waals surface area contributed by atoms with Crippen LogP contribution in [0.2, 0.25) is 10.0 Å². The van der Waals surface area contributed by atoms with Crippen molar-refractivity contribution in [2.24, 2.45) is 0 Å². The van der Waals surface area contributed by atoms with Gasteiger partial charge in [-0.3, -0.25) is 20.2 Å². The van der Waals surface area contributed by atoms with E-state index < -0.39 is 10.8 Å². The molecule has 0 saturated heterocycles. The zero-order chi connectivity index (χ0) is 68.9. The van der Waals surface area contributed by atoms with Gasteiger partial charge in [-0.25, -0.2) is 0 Å². The highest BCUT2D eigenvalue weighted by molar-refractivity contribution is 9.11. The highest BCUT2D eigenvalue weighted by Gasteiger charge is 2.55. The van der Waals surface area contributed by atoms with Crippen molar-refractivity contribution in [3.8, 4) is 0 Å². The van der Waals surface area contributed by atoms with Gasteiger partial charge in [-0.15, -0.1) is 0 Å². The first-order valence-corrected chi connectivity index (χ1v) is 37.3. The van der Waals surface area contributed by atoms with E-state index in [0.717, 1.165) is 141 Å². The third kappa shape index (κ3) is 12.1. The number of nitro groups is 2. The summed E-state index contributed by atoms with van der Waals surface area (Å²) in [5.74, 6) is 0. The normalized spacial score (nSPS) is 18.5. The minimum Gasteiger partial charge on any atom is -0.339 e. The van der Waals surface area contributed by atoms with Gasteiger partial charge in [0.15, 0.2) is 11.4 Å². The average molecular weight is 1490 g/mol. The van der Waals surface area contributed by atoms with E-state index in [0.29, 0.717) is 48.8 Å². The van der Waals surface area contributed by atoms with Crippen LogP contribution in [0.5, 0.6) is 0 Å². The summed E-state index contributed by atoms with van der Waals surface area (Å²) in [6, 6.07) is 72.3. The van der Waals surface area contributed by atoms with Gasteiger partial charge in [0.2, 0.25) is 11.4 Å². The maximum atomic E-state index is 12.4. The molecule has 2 fully saturated rings. The van der Waals surface area contributed by atoms with Gasteiger partial charge in [0.05, 0.1) is 29.6 Å². The number of non-ortho nitro benzene ring substituents is 2. The molecule has 15 rings (SSSR count). The molecule has 9 aromatic carbocycles. The van der Waals surface area contributed by atoms with Crippen LogP contribution in [0.1, 0.15) is 120 Å². The fourth-order valence-electron chi connectivity index (χ4n) is 18.2. The van der Waals surface area contributed by atoms with E-state index in [-0.39, 0.29) is 32.1 Å². The maximum Gasteiger partial charge on any atom is 0.271 e. The lowest BCUT2D eigenvalue weighted by atomic mass is 9.67. The molecular weight excluding hydrogens is 1410 g/mol. The summed E-state index contributed by atoms with van der Waals surface area (Å²) in [6.07, 6.45) is 26.7. The molecule has 2 saturated carbocycles. The lowest BCUT2D eigenvalue weighted by Gasteiger charge is -2.35. The largest absolute Gasteiger partial charge is 0.339 e. The Morgan fingerprint density at radius 3 is 1.08 bits per heavy atom. The molecule has 4 heterocycles. The smallest absolute Gasteiger partial charge is 0.271 e. The molecule has 100 heavy (non-hydrogen) atoms. The predicted molar refractivity (Wildman–Crippen MR) is 413 cm³/mol. The number of anilines is 2. The second-order valence-corrected chi connectivity index (χ2v) is 30.9. The van der Waals surface area contributed by atoms with Gasteiger partial charge in [-0.05, 0) is 176 Å². The molecule has 4 aliphatic heterocycles. The molecule has 2 aliphatic carbocycles. The number of allylic oxidation sites excluding steroid dienone is 8. The van der Waals surface area contributed by atoms with Crippen molar-refractivity contribution in [2.45, 2.75) is 125 Å². The molecule has 14 heteroatoms. The highest BCUT2D eigenvalue weighted by Crippen LogP contribution is 2.58. The van der Waals surface area contributed by atoms with E-state index in [1.54, 1.807) is 12.1 Å². The number of halogens is 4. The molecule has 10 nitrogen and oxygen atoms in total. The summed E-state index contributed by atoms with van der Waals surface area (Å²) in [7, 11) is 4.22. The first-order chi connectivity index (χ1) is 48.6.